The number of nitrogens with one attached hydrogen (secondary N) is 5. The number of ether oxygens (including phenoxy) is 3. The first kappa shape index (κ1) is 65.4. The van der Waals surface area contributed by atoms with Crippen LogP contribution in [-0.2, 0) is 39.9 Å². The molecule has 458 valence electrons. The first-order valence-corrected chi connectivity index (χ1v) is 28.4. The Labute approximate surface area is 481 Å². The van der Waals surface area contributed by atoms with Crippen LogP contribution in [0, 0.1) is 5.92 Å². The van der Waals surface area contributed by atoms with Gasteiger partial charge in [-0.15, -0.1) is 0 Å². The maximum atomic E-state index is 14.7. The molecule has 6 rings (SSSR count). The van der Waals surface area contributed by atoms with Gasteiger partial charge >= 0.3 is 0 Å². The Kier molecular flexibility index (Phi) is 24.6. The van der Waals surface area contributed by atoms with Crippen LogP contribution in [0.3, 0.4) is 0 Å². The van der Waals surface area contributed by atoms with Crippen molar-refractivity contribution in [3.8, 4) is 17.2 Å². The number of aliphatic hydroxyl groups is 6. The van der Waals surface area contributed by atoms with Gasteiger partial charge in [0.1, 0.15) is 48.6 Å². The van der Waals surface area contributed by atoms with Gasteiger partial charge in [-0.2, -0.15) is 0 Å². The number of rotatable bonds is 22. The Morgan fingerprint density at radius 1 is 0.699 bits per heavy atom. The highest BCUT2D eigenvalue weighted by Crippen LogP contribution is 2.30. The van der Waals surface area contributed by atoms with Crippen molar-refractivity contribution in [2.45, 2.75) is 151 Å². The molecular weight excluding hydrogens is 1080 g/mol. The summed E-state index contributed by atoms with van der Waals surface area (Å²) >= 11 is 0. The van der Waals surface area contributed by atoms with Crippen LogP contribution in [0.5, 0.6) is 17.2 Å². The zero-order valence-corrected chi connectivity index (χ0v) is 47.2. The van der Waals surface area contributed by atoms with Gasteiger partial charge in [0, 0.05) is 70.6 Å². The number of hydrogen-bond acceptors (Lipinski definition) is 19. The molecule has 0 aromatic heterocycles. The first-order valence-electron chi connectivity index (χ1n) is 28.4. The van der Waals surface area contributed by atoms with E-state index in [9.17, 15) is 69.3 Å². The van der Waals surface area contributed by atoms with Crippen LogP contribution in [0.15, 0.2) is 54.6 Å². The summed E-state index contributed by atoms with van der Waals surface area (Å²) in [5.41, 5.74) is 11.7. The molecule has 3 aliphatic heterocycles. The fourth-order valence-electron chi connectivity index (χ4n) is 10.5. The first-order chi connectivity index (χ1) is 39.6. The monoisotopic (exact) mass is 1170 g/mol. The molecule has 3 heterocycles. The highest BCUT2D eigenvalue weighted by molar-refractivity contribution is 6.02. The quantitative estimate of drug-likeness (QED) is 0.0464. The van der Waals surface area contributed by atoms with Gasteiger partial charge in [-0.1, -0.05) is 50.8 Å². The minimum Gasteiger partial charge on any atom is -0.504 e. The van der Waals surface area contributed by atoms with Crippen molar-refractivity contribution in [2.24, 2.45) is 17.4 Å². The number of hydrogen-bond donors (Lipinski definition) is 14. The minimum absolute atomic E-state index is 0.000701. The summed E-state index contributed by atoms with van der Waals surface area (Å²) in [6.07, 6.45) is -5.50. The van der Waals surface area contributed by atoms with Gasteiger partial charge in [0.25, 0.3) is 5.91 Å². The smallest absolute Gasteiger partial charge is 0.251 e. The van der Waals surface area contributed by atoms with Crippen molar-refractivity contribution in [1.82, 2.24) is 36.4 Å². The van der Waals surface area contributed by atoms with Crippen LogP contribution in [0.25, 0.3) is 10.8 Å². The number of aliphatic hydroxyl groups excluding tert-OH is 6. The van der Waals surface area contributed by atoms with Crippen molar-refractivity contribution in [3.63, 3.8) is 0 Å². The lowest BCUT2D eigenvalue weighted by atomic mass is 9.98. The molecule has 0 aliphatic carbocycles. The highest BCUT2D eigenvalue weighted by atomic mass is 16.5. The van der Waals surface area contributed by atoms with Crippen molar-refractivity contribution < 1.29 is 83.5 Å². The molecule has 0 radical (unpaired) electrons. The maximum absolute atomic E-state index is 14.7. The van der Waals surface area contributed by atoms with Crippen LogP contribution in [0.4, 0.5) is 0 Å². The molecule has 3 saturated heterocycles. The molecule has 1 unspecified atom stereocenters. The SMILES string of the molecule is COCCCCCCCCOc1ccc2cc(C(=O)NC3C[C@@H](O)CNC(=O)[C@@H]4[C@@H](O)[C@@H](C)CN4C(=O)[C@H]([C@H](O)CCN)NC(=O)[C@H]([C@H](O)Cc4ccc(O)c(OCCN)c4)NC(=O)[C@@H]4C[C@@H](O)CN4C(=O)[C@H]([C@@H](C)O)NC3=O)ccc2c1. The summed E-state index contributed by atoms with van der Waals surface area (Å²) < 4.78 is 16.6. The molecule has 3 aliphatic rings. The molecule has 16 N–H and O–H groups in total. The van der Waals surface area contributed by atoms with E-state index >= 15 is 0 Å². The largest absolute Gasteiger partial charge is 0.504 e. The van der Waals surface area contributed by atoms with Crippen molar-refractivity contribution in [2.75, 3.05) is 59.7 Å². The number of carbonyl (C=O) groups is 7. The maximum Gasteiger partial charge on any atom is 0.251 e. The van der Waals surface area contributed by atoms with Gasteiger partial charge in [0.15, 0.2) is 11.5 Å². The second-order valence-electron chi connectivity index (χ2n) is 21.7. The summed E-state index contributed by atoms with van der Waals surface area (Å²) in [5.74, 6) is -7.91. The highest BCUT2D eigenvalue weighted by Gasteiger charge is 2.49. The zero-order chi connectivity index (χ0) is 60.5. The summed E-state index contributed by atoms with van der Waals surface area (Å²) in [6, 6.07) is 3.26. The number of phenols is 1. The molecule has 3 aromatic carbocycles. The second kappa shape index (κ2) is 31.2. The Balaban J connectivity index is 1.31. The van der Waals surface area contributed by atoms with Crippen LogP contribution < -0.4 is 47.5 Å². The molecule has 26 nitrogen and oxygen atoms in total. The molecule has 7 amide bonds. The molecule has 0 spiro atoms. The Hall–Kier alpha value is -6.75. The third kappa shape index (κ3) is 17.6. The van der Waals surface area contributed by atoms with E-state index in [-0.39, 0.29) is 55.3 Å². The van der Waals surface area contributed by atoms with Gasteiger partial charge in [0.2, 0.25) is 35.4 Å². The van der Waals surface area contributed by atoms with E-state index in [1.165, 1.54) is 31.2 Å². The molecule has 26 heteroatoms. The lowest BCUT2D eigenvalue weighted by Gasteiger charge is -2.34. The van der Waals surface area contributed by atoms with E-state index in [4.69, 9.17) is 25.7 Å². The van der Waals surface area contributed by atoms with Crippen LogP contribution in [-0.4, -0.2) is 219 Å². The van der Waals surface area contributed by atoms with E-state index in [0.29, 0.717) is 17.7 Å². The fraction of sp³-hybridized carbons (Fsp3) is 0.596. The fourth-order valence-corrected chi connectivity index (χ4v) is 10.5. The number of unbranched alkanes of at least 4 members (excludes halogenated alkanes) is 5. The standard InChI is InChI=1S/C57H83N9O17/c1-31-29-66-49(50(31)73)55(78)60-28-37(68)26-40(61-51(74)36-12-11-35-25-39(14-13-34(35)24-36)82-20-9-7-5-4-6-8-19-81-3)52(75)62-46(32(2)67)56(79)65-30-38(69)27-41(65)53(76)63-47(54(77)64-48(57(66)80)43(71)16-17-58)44(72)22-33-10-15-42(70)45(23-33)83-21-18-59/h10-15,23-25,31-32,37-38,40-41,43-44,46-50,67-73H,4-9,16-22,26-30,58-59H2,1-3H3,(H,60,78)(H,61,74)(H,62,75)(H,63,76)(H,64,77)/t31-,32+,37+,38+,40?,41-,43+,44+,46-,47-,48-,49-,50-/m0/s1. The number of methoxy groups -OCH3 is 1. The van der Waals surface area contributed by atoms with Gasteiger partial charge in [-0.3, -0.25) is 33.6 Å². The van der Waals surface area contributed by atoms with Gasteiger partial charge in [-0.05, 0) is 85.5 Å². The number of carbonyl (C=O) groups excluding carboxylic acids is 7. The van der Waals surface area contributed by atoms with Gasteiger partial charge in [-0.25, -0.2) is 0 Å². The third-order valence-electron chi connectivity index (χ3n) is 15.1. The normalized spacial score (nSPS) is 26.2. The number of benzene rings is 3. The molecule has 3 fully saturated rings. The minimum atomic E-state index is -2.03. The predicted molar refractivity (Wildman–Crippen MR) is 300 cm³/mol. The summed E-state index contributed by atoms with van der Waals surface area (Å²) in [7, 11) is 1.69. The Bertz CT molecular complexity index is 2700. The number of phenolic OH excluding ortho intramolecular Hbond substituents is 1. The Morgan fingerprint density at radius 2 is 1.36 bits per heavy atom. The molecular formula is C57H83N9O17. The van der Waals surface area contributed by atoms with Crippen molar-refractivity contribution >= 4 is 52.1 Å². The summed E-state index contributed by atoms with van der Waals surface area (Å²) in [5, 5.41) is 92.5. The summed E-state index contributed by atoms with van der Waals surface area (Å²) in [6.45, 7) is 2.40. The second-order valence-corrected chi connectivity index (χ2v) is 21.7. The lowest BCUT2D eigenvalue weighted by molar-refractivity contribution is -0.147. The Morgan fingerprint density at radius 3 is 2.06 bits per heavy atom. The van der Waals surface area contributed by atoms with Crippen LogP contribution in [0.1, 0.15) is 87.6 Å². The summed E-state index contributed by atoms with van der Waals surface area (Å²) in [4.78, 5) is 103. The van der Waals surface area contributed by atoms with Crippen molar-refractivity contribution in [1.29, 1.82) is 0 Å². The number of nitrogens with two attached hydrogens (primary N) is 2. The molecule has 0 saturated carbocycles. The number of amides is 7. The topological polar surface area (TPSA) is 407 Å². The van der Waals surface area contributed by atoms with E-state index in [2.05, 4.69) is 26.6 Å². The van der Waals surface area contributed by atoms with Crippen LogP contribution in [0.2, 0.25) is 0 Å². The van der Waals surface area contributed by atoms with Gasteiger partial charge < -0.3 is 97.8 Å². The predicted octanol–water partition coefficient (Wildman–Crippen LogP) is -2.45. The van der Waals surface area contributed by atoms with E-state index in [0.717, 1.165) is 67.2 Å². The van der Waals surface area contributed by atoms with Gasteiger partial charge in [0.05, 0.1) is 43.2 Å². The number of fused-ring (bicyclic) bond motifs is 3. The average Bonchev–Trinajstić information content (AvgIpc) is 4.25. The number of β-amino-alcohol motifs (C(OH)–C–C–N with tert-alkyl or cyclic N) is 1. The third-order valence-corrected chi connectivity index (χ3v) is 15.1. The number of aromatic hydroxyl groups is 1. The van der Waals surface area contributed by atoms with E-state index in [1.54, 1.807) is 31.4 Å². The van der Waals surface area contributed by atoms with Crippen LogP contribution >= 0.6 is 0 Å². The zero-order valence-electron chi connectivity index (χ0n) is 47.2. The van der Waals surface area contributed by atoms with E-state index < -0.39 is 152 Å². The molecule has 0 bridgehead atoms. The lowest BCUT2D eigenvalue weighted by Crippen LogP contribution is -2.64. The van der Waals surface area contributed by atoms with E-state index in [1.807, 2.05) is 6.07 Å². The molecule has 3 aromatic rings. The average molecular weight is 1170 g/mol. The number of nitrogens with zero attached hydrogens (tertiary/aromatic N) is 2. The molecule has 83 heavy (non-hydrogen) atoms. The molecule has 13 atom stereocenters. The van der Waals surface area contributed by atoms with Crippen molar-refractivity contribution in [3.05, 3.63) is 65.7 Å².